The molecule has 0 aromatic heterocycles. The number of nitrogens with two attached hydrogens (primary N) is 1. The summed E-state index contributed by atoms with van der Waals surface area (Å²) in [5.74, 6) is -0.548. The minimum atomic E-state index is -0.426. The van der Waals surface area contributed by atoms with Gasteiger partial charge in [-0.05, 0) is 32.0 Å². The van der Waals surface area contributed by atoms with E-state index in [0.717, 1.165) is 5.69 Å². The van der Waals surface area contributed by atoms with Gasteiger partial charge in [0.25, 0.3) is 0 Å². The highest BCUT2D eigenvalue weighted by molar-refractivity contribution is 5.97. The number of nitriles is 1. The number of rotatable bonds is 5. The van der Waals surface area contributed by atoms with Crippen molar-refractivity contribution in [2.24, 2.45) is 5.92 Å². The van der Waals surface area contributed by atoms with Crippen molar-refractivity contribution in [1.29, 1.82) is 5.26 Å². The number of hydrogen-bond donors (Lipinski definition) is 1. The lowest BCUT2D eigenvalue weighted by Crippen LogP contribution is -2.29. The van der Waals surface area contributed by atoms with Gasteiger partial charge in [0.05, 0.1) is 30.3 Å². The molecule has 0 heterocycles. The minimum Gasteiger partial charge on any atom is -0.465 e. The fraction of sp³-hybridized carbons (Fsp3) is 0.429. The Morgan fingerprint density at radius 2 is 2.26 bits per heavy atom. The molecule has 0 bridgehead atoms. The fourth-order valence-electron chi connectivity index (χ4n) is 1.87. The van der Waals surface area contributed by atoms with Crippen molar-refractivity contribution < 1.29 is 9.53 Å². The molecule has 1 rings (SSSR count). The summed E-state index contributed by atoms with van der Waals surface area (Å²) in [5, 5.41) is 8.91. The standard InChI is InChI=1S/C14H19N3O2/c1-4-17(9-10(2)8-15)13-6-5-11(16)7-12(13)14(18)19-3/h5-7,10H,4,9,16H2,1-3H3. The van der Waals surface area contributed by atoms with Crippen LogP contribution >= 0.6 is 0 Å². The zero-order valence-electron chi connectivity index (χ0n) is 11.5. The van der Waals surface area contributed by atoms with Gasteiger partial charge in [0.1, 0.15) is 0 Å². The summed E-state index contributed by atoms with van der Waals surface area (Å²) in [6.07, 6.45) is 0. The molecule has 1 aromatic carbocycles. The molecule has 0 aliphatic carbocycles. The van der Waals surface area contributed by atoms with E-state index < -0.39 is 5.97 Å². The molecule has 0 radical (unpaired) electrons. The molecule has 1 aromatic rings. The van der Waals surface area contributed by atoms with E-state index >= 15 is 0 Å². The maximum atomic E-state index is 11.8. The van der Waals surface area contributed by atoms with E-state index in [1.165, 1.54) is 7.11 Å². The van der Waals surface area contributed by atoms with Gasteiger partial charge in [0.2, 0.25) is 0 Å². The number of methoxy groups -OCH3 is 1. The first-order valence-electron chi connectivity index (χ1n) is 6.15. The Balaban J connectivity index is 3.16. The summed E-state index contributed by atoms with van der Waals surface area (Å²) >= 11 is 0. The van der Waals surface area contributed by atoms with Gasteiger partial charge in [0, 0.05) is 18.8 Å². The zero-order valence-corrected chi connectivity index (χ0v) is 11.5. The van der Waals surface area contributed by atoms with Crippen molar-refractivity contribution >= 4 is 17.3 Å². The number of nitrogen functional groups attached to an aromatic ring is 1. The quantitative estimate of drug-likeness (QED) is 0.648. The SMILES string of the molecule is CCN(CC(C)C#N)c1ccc(N)cc1C(=O)OC. The van der Waals surface area contributed by atoms with Gasteiger partial charge < -0.3 is 15.4 Å². The lowest BCUT2D eigenvalue weighted by atomic mass is 10.1. The number of carbonyl (C=O) groups excluding carboxylic acids is 1. The van der Waals surface area contributed by atoms with Crippen LogP contribution in [0.4, 0.5) is 11.4 Å². The maximum Gasteiger partial charge on any atom is 0.340 e. The summed E-state index contributed by atoms with van der Waals surface area (Å²) in [7, 11) is 1.34. The normalized spacial score (nSPS) is 11.5. The molecule has 0 saturated carbocycles. The Morgan fingerprint density at radius 1 is 1.58 bits per heavy atom. The van der Waals surface area contributed by atoms with Crippen LogP contribution in [0.1, 0.15) is 24.2 Å². The topological polar surface area (TPSA) is 79.4 Å². The van der Waals surface area contributed by atoms with Crippen LogP contribution in [0.3, 0.4) is 0 Å². The van der Waals surface area contributed by atoms with Gasteiger partial charge in [-0.15, -0.1) is 0 Å². The zero-order chi connectivity index (χ0) is 14.4. The molecule has 0 saturated heterocycles. The number of hydrogen-bond acceptors (Lipinski definition) is 5. The molecule has 0 amide bonds. The van der Waals surface area contributed by atoms with Gasteiger partial charge in [-0.1, -0.05) is 0 Å². The first-order chi connectivity index (χ1) is 9.03. The summed E-state index contributed by atoms with van der Waals surface area (Å²) in [6, 6.07) is 7.31. The van der Waals surface area contributed by atoms with E-state index in [4.69, 9.17) is 15.7 Å². The van der Waals surface area contributed by atoms with Crippen LogP contribution in [0.5, 0.6) is 0 Å². The number of nitrogens with zero attached hydrogens (tertiary/aromatic N) is 2. The molecule has 102 valence electrons. The predicted octanol–water partition coefficient (Wildman–Crippen LogP) is 2.04. The van der Waals surface area contributed by atoms with Crippen LogP contribution in [0.25, 0.3) is 0 Å². The van der Waals surface area contributed by atoms with Gasteiger partial charge in [-0.25, -0.2) is 4.79 Å². The average Bonchev–Trinajstić information content (AvgIpc) is 2.43. The van der Waals surface area contributed by atoms with Gasteiger partial charge in [-0.3, -0.25) is 0 Å². The highest BCUT2D eigenvalue weighted by Crippen LogP contribution is 2.24. The average molecular weight is 261 g/mol. The highest BCUT2D eigenvalue weighted by Gasteiger charge is 2.18. The van der Waals surface area contributed by atoms with Crippen molar-refractivity contribution in [3.8, 4) is 6.07 Å². The highest BCUT2D eigenvalue weighted by atomic mass is 16.5. The van der Waals surface area contributed by atoms with Crippen LogP contribution in [0, 0.1) is 17.2 Å². The Morgan fingerprint density at radius 3 is 2.79 bits per heavy atom. The molecule has 1 unspecified atom stereocenters. The second-order valence-corrected chi connectivity index (χ2v) is 4.34. The summed E-state index contributed by atoms with van der Waals surface area (Å²) in [5.41, 5.74) is 7.39. The number of esters is 1. The van der Waals surface area contributed by atoms with E-state index in [2.05, 4.69) is 6.07 Å². The Labute approximate surface area is 113 Å². The predicted molar refractivity (Wildman–Crippen MR) is 74.9 cm³/mol. The first-order valence-corrected chi connectivity index (χ1v) is 6.15. The molecule has 5 nitrogen and oxygen atoms in total. The Kier molecular flexibility index (Phi) is 5.19. The maximum absolute atomic E-state index is 11.8. The number of carbonyl (C=O) groups is 1. The van der Waals surface area contributed by atoms with E-state index in [0.29, 0.717) is 24.3 Å². The lowest BCUT2D eigenvalue weighted by Gasteiger charge is -2.26. The van der Waals surface area contributed by atoms with Crippen molar-refractivity contribution in [2.75, 3.05) is 30.8 Å². The smallest absolute Gasteiger partial charge is 0.340 e. The van der Waals surface area contributed by atoms with Crippen molar-refractivity contribution in [3.05, 3.63) is 23.8 Å². The van der Waals surface area contributed by atoms with E-state index in [-0.39, 0.29) is 5.92 Å². The second-order valence-electron chi connectivity index (χ2n) is 4.34. The molecule has 2 N–H and O–H groups in total. The summed E-state index contributed by atoms with van der Waals surface area (Å²) in [6.45, 7) is 5.07. The Hall–Kier alpha value is -2.22. The molecule has 1 atom stereocenters. The Bertz CT molecular complexity index is 494. The van der Waals surface area contributed by atoms with Crippen molar-refractivity contribution in [2.45, 2.75) is 13.8 Å². The molecular weight excluding hydrogens is 242 g/mol. The van der Waals surface area contributed by atoms with Gasteiger partial charge >= 0.3 is 5.97 Å². The van der Waals surface area contributed by atoms with Crippen LogP contribution < -0.4 is 10.6 Å². The van der Waals surface area contributed by atoms with Crippen LogP contribution in [0.2, 0.25) is 0 Å². The van der Waals surface area contributed by atoms with Gasteiger partial charge in [-0.2, -0.15) is 5.26 Å². The molecule has 0 aliphatic heterocycles. The third-order valence-corrected chi connectivity index (χ3v) is 2.86. The molecule has 0 aliphatic rings. The van der Waals surface area contributed by atoms with E-state index in [1.54, 1.807) is 18.2 Å². The number of benzene rings is 1. The monoisotopic (exact) mass is 261 g/mol. The third kappa shape index (κ3) is 3.62. The van der Waals surface area contributed by atoms with Crippen molar-refractivity contribution in [1.82, 2.24) is 0 Å². The second kappa shape index (κ2) is 6.64. The van der Waals surface area contributed by atoms with Gasteiger partial charge in [0.15, 0.2) is 0 Å². The third-order valence-electron chi connectivity index (χ3n) is 2.86. The summed E-state index contributed by atoms with van der Waals surface area (Å²) in [4.78, 5) is 13.8. The molecule has 0 fully saturated rings. The number of anilines is 2. The van der Waals surface area contributed by atoms with Crippen LogP contribution in [0.15, 0.2) is 18.2 Å². The molecule has 5 heteroatoms. The van der Waals surface area contributed by atoms with Crippen LogP contribution in [-0.2, 0) is 4.74 Å². The number of ether oxygens (including phenoxy) is 1. The molecule has 0 spiro atoms. The lowest BCUT2D eigenvalue weighted by molar-refractivity contribution is 0.0601. The fourth-order valence-corrected chi connectivity index (χ4v) is 1.87. The van der Waals surface area contributed by atoms with Crippen LogP contribution in [-0.4, -0.2) is 26.2 Å². The summed E-state index contributed by atoms with van der Waals surface area (Å²) < 4.78 is 4.77. The largest absolute Gasteiger partial charge is 0.465 e. The van der Waals surface area contributed by atoms with Crippen molar-refractivity contribution in [3.63, 3.8) is 0 Å². The minimum absolute atomic E-state index is 0.122. The first kappa shape index (κ1) is 14.8. The van der Waals surface area contributed by atoms with E-state index in [1.807, 2.05) is 18.7 Å². The molecule has 19 heavy (non-hydrogen) atoms. The molecular formula is C14H19N3O2. The van der Waals surface area contributed by atoms with E-state index in [9.17, 15) is 4.79 Å².